The molecule has 2 aromatic carbocycles. The summed E-state index contributed by atoms with van der Waals surface area (Å²) in [5.74, 6) is -0.117. The third-order valence-electron chi connectivity index (χ3n) is 4.09. The first kappa shape index (κ1) is 19.6. The first-order valence-electron chi connectivity index (χ1n) is 8.01. The van der Waals surface area contributed by atoms with Crippen LogP contribution in [0.25, 0.3) is 0 Å². The average Bonchev–Trinajstić information content (AvgIpc) is 2.61. The Morgan fingerprint density at radius 2 is 2.00 bits per heavy atom. The van der Waals surface area contributed by atoms with Crippen LogP contribution in [-0.4, -0.2) is 35.6 Å². The van der Waals surface area contributed by atoms with E-state index in [9.17, 15) is 9.90 Å². The molecule has 0 bridgehead atoms. The smallest absolute Gasteiger partial charge is 0.253 e. The SMILES string of the molecule is Cc1cc(SNc2cccc(C(=O)N(C)C(C)CO)c2)c(C)cc1Cl. The van der Waals surface area contributed by atoms with E-state index in [4.69, 9.17) is 11.6 Å². The molecule has 2 rings (SSSR count). The number of nitrogens with zero attached hydrogens (tertiary/aromatic N) is 1. The highest BCUT2D eigenvalue weighted by molar-refractivity contribution is 8.00. The van der Waals surface area contributed by atoms with E-state index in [1.54, 1.807) is 18.0 Å². The van der Waals surface area contributed by atoms with E-state index in [1.165, 1.54) is 11.9 Å². The number of aryl methyl sites for hydroxylation is 2. The number of rotatable bonds is 6. The number of halogens is 1. The van der Waals surface area contributed by atoms with E-state index in [2.05, 4.69) is 4.72 Å². The Morgan fingerprint density at radius 1 is 1.28 bits per heavy atom. The highest BCUT2D eigenvalue weighted by Gasteiger charge is 2.17. The zero-order valence-electron chi connectivity index (χ0n) is 14.8. The van der Waals surface area contributed by atoms with Gasteiger partial charge in [-0.05, 0) is 74.2 Å². The van der Waals surface area contributed by atoms with Crippen LogP contribution in [0.1, 0.15) is 28.4 Å². The number of anilines is 1. The van der Waals surface area contributed by atoms with Crippen molar-refractivity contribution < 1.29 is 9.90 Å². The Morgan fingerprint density at radius 3 is 2.68 bits per heavy atom. The Labute approximate surface area is 158 Å². The van der Waals surface area contributed by atoms with Crippen LogP contribution < -0.4 is 4.72 Å². The van der Waals surface area contributed by atoms with Crippen molar-refractivity contribution in [2.75, 3.05) is 18.4 Å². The van der Waals surface area contributed by atoms with Crippen molar-refractivity contribution in [3.63, 3.8) is 0 Å². The molecule has 0 spiro atoms. The van der Waals surface area contributed by atoms with E-state index < -0.39 is 0 Å². The fourth-order valence-corrected chi connectivity index (χ4v) is 3.25. The van der Waals surface area contributed by atoms with Crippen molar-refractivity contribution >= 4 is 35.1 Å². The Balaban J connectivity index is 2.12. The lowest BCUT2D eigenvalue weighted by atomic mass is 10.1. The number of hydrogen-bond acceptors (Lipinski definition) is 4. The van der Waals surface area contributed by atoms with Crippen LogP contribution in [0.3, 0.4) is 0 Å². The molecule has 2 N–H and O–H groups in total. The third kappa shape index (κ3) is 4.91. The third-order valence-corrected chi connectivity index (χ3v) is 5.49. The van der Waals surface area contributed by atoms with Gasteiger partial charge in [0.25, 0.3) is 5.91 Å². The van der Waals surface area contributed by atoms with Crippen molar-refractivity contribution in [1.82, 2.24) is 4.90 Å². The molecule has 4 nitrogen and oxygen atoms in total. The molecule has 0 saturated carbocycles. The second-order valence-electron chi connectivity index (χ2n) is 6.10. The van der Waals surface area contributed by atoms with Crippen LogP contribution >= 0.6 is 23.5 Å². The van der Waals surface area contributed by atoms with Gasteiger partial charge >= 0.3 is 0 Å². The molecule has 0 aromatic heterocycles. The second kappa shape index (κ2) is 8.61. The molecule has 25 heavy (non-hydrogen) atoms. The maximum atomic E-state index is 12.5. The number of aliphatic hydroxyl groups is 1. The summed E-state index contributed by atoms with van der Waals surface area (Å²) in [6.45, 7) is 5.73. The van der Waals surface area contributed by atoms with Gasteiger partial charge in [0.15, 0.2) is 0 Å². The normalized spacial score (nSPS) is 11.9. The number of amides is 1. The first-order valence-corrected chi connectivity index (χ1v) is 9.20. The van der Waals surface area contributed by atoms with Crippen molar-refractivity contribution in [1.29, 1.82) is 0 Å². The molecule has 1 unspecified atom stereocenters. The van der Waals surface area contributed by atoms with Crippen LogP contribution in [0, 0.1) is 13.8 Å². The summed E-state index contributed by atoms with van der Waals surface area (Å²) < 4.78 is 3.28. The van der Waals surface area contributed by atoms with Crippen molar-refractivity contribution in [2.24, 2.45) is 0 Å². The van der Waals surface area contributed by atoms with Gasteiger partial charge in [-0.2, -0.15) is 0 Å². The molecule has 0 aliphatic rings. The number of nitrogens with one attached hydrogen (secondary N) is 1. The fourth-order valence-electron chi connectivity index (χ4n) is 2.22. The lowest BCUT2D eigenvalue weighted by molar-refractivity contribution is 0.0682. The molecule has 0 radical (unpaired) electrons. The zero-order valence-corrected chi connectivity index (χ0v) is 16.4. The number of aliphatic hydroxyl groups excluding tert-OH is 1. The maximum absolute atomic E-state index is 12.5. The molecule has 6 heteroatoms. The van der Waals surface area contributed by atoms with Gasteiger partial charge in [0.2, 0.25) is 0 Å². The van der Waals surface area contributed by atoms with Gasteiger partial charge in [-0.1, -0.05) is 17.7 Å². The highest BCUT2D eigenvalue weighted by atomic mass is 35.5. The minimum Gasteiger partial charge on any atom is -0.394 e. The summed E-state index contributed by atoms with van der Waals surface area (Å²) in [5.41, 5.74) is 3.54. The van der Waals surface area contributed by atoms with Gasteiger partial charge in [-0.15, -0.1) is 0 Å². The van der Waals surface area contributed by atoms with Gasteiger partial charge < -0.3 is 14.7 Å². The summed E-state index contributed by atoms with van der Waals surface area (Å²) in [6.07, 6.45) is 0. The molecule has 1 amide bonds. The summed E-state index contributed by atoms with van der Waals surface area (Å²) in [4.78, 5) is 15.1. The lowest BCUT2D eigenvalue weighted by Crippen LogP contribution is -2.37. The van der Waals surface area contributed by atoms with Crippen LogP contribution in [0.2, 0.25) is 5.02 Å². The van der Waals surface area contributed by atoms with Crippen LogP contribution in [-0.2, 0) is 0 Å². The molecule has 0 fully saturated rings. The van der Waals surface area contributed by atoms with E-state index in [0.29, 0.717) is 5.56 Å². The lowest BCUT2D eigenvalue weighted by Gasteiger charge is -2.23. The number of benzene rings is 2. The Bertz CT molecular complexity index is 767. The van der Waals surface area contributed by atoms with E-state index in [-0.39, 0.29) is 18.6 Å². The van der Waals surface area contributed by atoms with Gasteiger partial charge in [0, 0.05) is 28.2 Å². The summed E-state index contributed by atoms with van der Waals surface area (Å²) in [5, 5.41) is 9.97. The molecular formula is C19H23ClN2O2S. The standard InChI is InChI=1S/C19H23ClN2O2S/c1-12-9-18(13(2)8-17(12)20)25-21-16-7-5-6-15(10-16)19(24)22(4)14(3)11-23/h5-10,14,21,23H,11H2,1-4H3. The largest absolute Gasteiger partial charge is 0.394 e. The Kier molecular flexibility index (Phi) is 6.76. The monoisotopic (exact) mass is 378 g/mol. The van der Waals surface area contributed by atoms with Crippen molar-refractivity contribution in [2.45, 2.75) is 31.7 Å². The van der Waals surface area contributed by atoms with Crippen LogP contribution in [0.4, 0.5) is 5.69 Å². The second-order valence-corrected chi connectivity index (χ2v) is 7.35. The van der Waals surface area contributed by atoms with Crippen molar-refractivity contribution in [3.8, 4) is 0 Å². The molecule has 0 heterocycles. The molecule has 0 saturated heterocycles. The Hall–Kier alpha value is -1.69. The van der Waals surface area contributed by atoms with Gasteiger partial charge in [0.1, 0.15) is 0 Å². The quantitative estimate of drug-likeness (QED) is 0.725. The first-order chi connectivity index (χ1) is 11.8. The molecule has 134 valence electrons. The van der Waals surface area contributed by atoms with Gasteiger partial charge in [-0.25, -0.2) is 0 Å². The maximum Gasteiger partial charge on any atom is 0.253 e. The minimum absolute atomic E-state index is 0.0643. The topological polar surface area (TPSA) is 52.6 Å². The molecule has 2 aromatic rings. The zero-order chi connectivity index (χ0) is 18.6. The average molecular weight is 379 g/mol. The molecular weight excluding hydrogens is 356 g/mol. The highest BCUT2D eigenvalue weighted by Crippen LogP contribution is 2.29. The van der Waals surface area contributed by atoms with Crippen LogP contribution in [0.15, 0.2) is 41.3 Å². The minimum atomic E-state index is -0.224. The fraction of sp³-hybridized carbons (Fsp3) is 0.316. The predicted molar refractivity (Wildman–Crippen MR) is 105 cm³/mol. The van der Waals surface area contributed by atoms with Gasteiger partial charge in [0.05, 0.1) is 12.6 Å². The molecule has 0 aliphatic heterocycles. The molecule has 1 atom stereocenters. The predicted octanol–water partition coefficient (Wildman–Crippen LogP) is 4.53. The number of carbonyl (C=O) groups is 1. The summed E-state index contributed by atoms with van der Waals surface area (Å²) >= 11 is 7.63. The van der Waals surface area contributed by atoms with E-state index >= 15 is 0 Å². The van der Waals surface area contributed by atoms with Crippen molar-refractivity contribution in [3.05, 3.63) is 58.1 Å². The van der Waals surface area contributed by atoms with Crippen LogP contribution in [0.5, 0.6) is 0 Å². The summed E-state index contributed by atoms with van der Waals surface area (Å²) in [7, 11) is 1.69. The molecule has 0 aliphatic carbocycles. The van der Waals surface area contributed by atoms with E-state index in [1.807, 2.05) is 51.1 Å². The number of hydrogen-bond donors (Lipinski definition) is 2. The van der Waals surface area contributed by atoms with Gasteiger partial charge in [-0.3, -0.25) is 4.79 Å². The van der Waals surface area contributed by atoms with E-state index in [0.717, 1.165) is 26.7 Å². The number of carbonyl (C=O) groups excluding carboxylic acids is 1. The number of likely N-dealkylation sites (N-methyl/N-ethyl adjacent to an activating group) is 1. The summed E-state index contributed by atoms with van der Waals surface area (Å²) in [6, 6.07) is 11.1.